The molecule has 1 aromatic carbocycles. The molecule has 5 heteroatoms. The molecule has 0 fully saturated rings. The van der Waals surface area contributed by atoms with Crippen molar-refractivity contribution in [1.82, 2.24) is 4.90 Å². The molecule has 2 nitrogen and oxygen atoms in total. The molecular weight excluding hydrogens is 328 g/mol. The third-order valence-corrected chi connectivity index (χ3v) is 4.76. The molecule has 0 radical (unpaired) electrons. The minimum Gasteiger partial charge on any atom is -0.386 e. The van der Waals surface area contributed by atoms with E-state index >= 15 is 0 Å². The van der Waals surface area contributed by atoms with Gasteiger partial charge >= 0.3 is 0 Å². The Morgan fingerprint density at radius 1 is 1.25 bits per heavy atom. The summed E-state index contributed by atoms with van der Waals surface area (Å²) in [7, 11) is 0. The summed E-state index contributed by atoms with van der Waals surface area (Å²) in [5.74, 6) is -1.45. The highest BCUT2D eigenvalue weighted by Gasteiger charge is 2.39. The number of benzene rings is 1. The van der Waals surface area contributed by atoms with Crippen molar-refractivity contribution in [3.8, 4) is 0 Å². The SMILES string of the molecule is CCN(CC)C(C)(CC)C(O)c1c(F)ccc(Br)c1F. The lowest BCUT2D eigenvalue weighted by molar-refractivity contribution is -0.0249. The van der Waals surface area contributed by atoms with Crippen LogP contribution in [0.25, 0.3) is 0 Å². The number of rotatable bonds is 6. The van der Waals surface area contributed by atoms with Crippen LogP contribution in [0.2, 0.25) is 0 Å². The molecule has 0 aliphatic heterocycles. The number of aliphatic hydroxyl groups excluding tert-OH is 1. The van der Waals surface area contributed by atoms with Gasteiger partial charge in [0, 0.05) is 5.54 Å². The fourth-order valence-electron chi connectivity index (χ4n) is 2.64. The lowest BCUT2D eigenvalue weighted by atomic mass is 9.84. The molecule has 1 aromatic rings. The predicted molar refractivity (Wildman–Crippen MR) is 80.6 cm³/mol. The number of halogens is 3. The van der Waals surface area contributed by atoms with E-state index < -0.39 is 23.3 Å². The molecular formula is C15H22BrF2NO. The molecule has 20 heavy (non-hydrogen) atoms. The van der Waals surface area contributed by atoms with Gasteiger partial charge in [0.15, 0.2) is 0 Å². The van der Waals surface area contributed by atoms with Crippen molar-refractivity contribution < 1.29 is 13.9 Å². The van der Waals surface area contributed by atoms with Gasteiger partial charge in [0.25, 0.3) is 0 Å². The Hall–Kier alpha value is -0.520. The summed E-state index contributed by atoms with van der Waals surface area (Å²) in [4.78, 5) is 2.03. The van der Waals surface area contributed by atoms with Crippen LogP contribution in [0.3, 0.4) is 0 Å². The third kappa shape index (κ3) is 3.05. The normalized spacial score (nSPS) is 16.2. The van der Waals surface area contributed by atoms with E-state index in [1.165, 1.54) is 12.1 Å². The van der Waals surface area contributed by atoms with E-state index in [0.717, 1.165) is 0 Å². The number of likely N-dealkylation sites (N-methyl/N-ethyl adjacent to an activating group) is 1. The van der Waals surface area contributed by atoms with E-state index in [1.807, 2.05) is 32.6 Å². The van der Waals surface area contributed by atoms with Crippen molar-refractivity contribution >= 4 is 15.9 Å². The predicted octanol–water partition coefficient (Wildman–Crippen LogP) is 4.27. The van der Waals surface area contributed by atoms with Crippen LogP contribution in [0.1, 0.15) is 45.8 Å². The molecule has 0 bridgehead atoms. The zero-order valence-electron chi connectivity index (χ0n) is 12.4. The lowest BCUT2D eigenvalue weighted by Crippen LogP contribution is -2.50. The van der Waals surface area contributed by atoms with Gasteiger partial charge in [-0.05, 0) is 54.5 Å². The summed E-state index contributed by atoms with van der Waals surface area (Å²) < 4.78 is 28.3. The smallest absolute Gasteiger partial charge is 0.146 e. The first-order valence-electron chi connectivity index (χ1n) is 6.89. The maximum absolute atomic E-state index is 14.2. The van der Waals surface area contributed by atoms with Crippen LogP contribution in [0.15, 0.2) is 16.6 Å². The number of hydrogen-bond acceptors (Lipinski definition) is 2. The maximum atomic E-state index is 14.2. The largest absolute Gasteiger partial charge is 0.386 e. The first-order valence-corrected chi connectivity index (χ1v) is 7.69. The maximum Gasteiger partial charge on any atom is 0.146 e. The van der Waals surface area contributed by atoms with Crippen molar-refractivity contribution in [2.75, 3.05) is 13.1 Å². The molecule has 0 heterocycles. The molecule has 0 aliphatic carbocycles. The van der Waals surface area contributed by atoms with Crippen molar-refractivity contribution in [2.45, 2.75) is 45.8 Å². The Kier molecular flexibility index (Phi) is 6.10. The zero-order chi connectivity index (χ0) is 15.5. The molecule has 114 valence electrons. The molecule has 0 amide bonds. The van der Waals surface area contributed by atoms with Crippen LogP contribution in [-0.2, 0) is 0 Å². The summed E-state index contributed by atoms with van der Waals surface area (Å²) >= 11 is 3.04. The van der Waals surface area contributed by atoms with Crippen molar-refractivity contribution in [1.29, 1.82) is 0 Å². The monoisotopic (exact) mass is 349 g/mol. The number of nitrogens with zero attached hydrogens (tertiary/aromatic N) is 1. The Morgan fingerprint density at radius 2 is 1.80 bits per heavy atom. The number of hydrogen-bond donors (Lipinski definition) is 1. The molecule has 1 N–H and O–H groups in total. The van der Waals surface area contributed by atoms with Gasteiger partial charge in [-0.25, -0.2) is 8.78 Å². The van der Waals surface area contributed by atoms with Gasteiger partial charge in [0.05, 0.1) is 10.0 Å². The summed E-state index contributed by atoms with van der Waals surface area (Å²) in [5.41, 5.74) is -0.984. The summed E-state index contributed by atoms with van der Waals surface area (Å²) in [5, 5.41) is 10.6. The zero-order valence-corrected chi connectivity index (χ0v) is 14.0. The molecule has 0 aliphatic rings. The van der Waals surface area contributed by atoms with Crippen molar-refractivity contribution in [3.63, 3.8) is 0 Å². The Balaban J connectivity index is 3.34. The van der Waals surface area contributed by atoms with Gasteiger partial charge < -0.3 is 5.11 Å². The van der Waals surface area contributed by atoms with E-state index in [9.17, 15) is 13.9 Å². The van der Waals surface area contributed by atoms with Gasteiger partial charge in [-0.15, -0.1) is 0 Å². The average molecular weight is 350 g/mol. The van der Waals surface area contributed by atoms with Gasteiger partial charge in [-0.3, -0.25) is 4.90 Å². The minimum atomic E-state index is -1.23. The molecule has 0 saturated heterocycles. The van der Waals surface area contributed by atoms with E-state index in [4.69, 9.17) is 0 Å². The molecule has 0 saturated carbocycles. The fourth-order valence-corrected chi connectivity index (χ4v) is 2.99. The highest BCUT2D eigenvalue weighted by Crippen LogP contribution is 2.38. The quantitative estimate of drug-likeness (QED) is 0.775. The molecule has 2 atom stereocenters. The highest BCUT2D eigenvalue weighted by molar-refractivity contribution is 9.10. The summed E-state index contributed by atoms with van der Waals surface area (Å²) in [6, 6.07) is 2.48. The third-order valence-electron chi connectivity index (χ3n) is 4.14. The van der Waals surface area contributed by atoms with E-state index in [0.29, 0.717) is 19.5 Å². The summed E-state index contributed by atoms with van der Waals surface area (Å²) in [6.45, 7) is 9.10. The topological polar surface area (TPSA) is 23.5 Å². The van der Waals surface area contributed by atoms with Crippen LogP contribution < -0.4 is 0 Å². The highest BCUT2D eigenvalue weighted by atomic mass is 79.9. The second-order valence-corrected chi connectivity index (χ2v) is 5.90. The Morgan fingerprint density at radius 3 is 2.25 bits per heavy atom. The minimum absolute atomic E-state index is 0.158. The molecule has 2 unspecified atom stereocenters. The van der Waals surface area contributed by atoms with Crippen LogP contribution in [0.5, 0.6) is 0 Å². The second kappa shape index (κ2) is 6.96. The number of aliphatic hydroxyl groups is 1. The first kappa shape index (κ1) is 17.5. The van der Waals surface area contributed by atoms with E-state index in [2.05, 4.69) is 15.9 Å². The average Bonchev–Trinajstić information content (AvgIpc) is 2.44. The lowest BCUT2D eigenvalue weighted by Gasteiger charge is -2.43. The standard InChI is InChI=1S/C15H22BrF2NO/c1-5-15(4,19(6-2)7-3)14(20)12-11(17)9-8-10(16)13(12)18/h8-9,14,20H,5-7H2,1-4H3. The van der Waals surface area contributed by atoms with Crippen molar-refractivity contribution in [3.05, 3.63) is 33.8 Å². The van der Waals surface area contributed by atoms with Gasteiger partial charge in [-0.2, -0.15) is 0 Å². The van der Waals surface area contributed by atoms with Crippen molar-refractivity contribution in [2.24, 2.45) is 0 Å². The Bertz CT molecular complexity index is 465. The van der Waals surface area contributed by atoms with Gasteiger partial charge in [-0.1, -0.05) is 20.8 Å². The molecule has 1 rings (SSSR count). The van der Waals surface area contributed by atoms with Crippen LogP contribution >= 0.6 is 15.9 Å². The fraction of sp³-hybridized carbons (Fsp3) is 0.600. The Labute approximate surface area is 127 Å². The van der Waals surface area contributed by atoms with Crippen LogP contribution in [0, 0.1) is 11.6 Å². The van der Waals surface area contributed by atoms with Crippen LogP contribution in [-0.4, -0.2) is 28.6 Å². The van der Waals surface area contributed by atoms with Gasteiger partial charge in [0.1, 0.15) is 17.7 Å². The molecule has 0 aromatic heterocycles. The second-order valence-electron chi connectivity index (χ2n) is 5.04. The van der Waals surface area contributed by atoms with Crippen LogP contribution in [0.4, 0.5) is 8.78 Å². The van der Waals surface area contributed by atoms with Gasteiger partial charge in [0.2, 0.25) is 0 Å². The first-order chi connectivity index (χ1) is 9.33. The van der Waals surface area contributed by atoms with E-state index in [-0.39, 0.29) is 10.0 Å². The summed E-state index contributed by atoms with van der Waals surface area (Å²) in [6.07, 6.45) is -0.647. The van der Waals surface area contributed by atoms with E-state index in [1.54, 1.807) is 0 Å². The molecule has 0 spiro atoms.